The molecule has 82 valence electrons. The first-order chi connectivity index (χ1) is 7.24. The predicted octanol–water partition coefficient (Wildman–Crippen LogP) is 1.96. The van der Waals surface area contributed by atoms with Gasteiger partial charge in [0, 0.05) is 18.6 Å². The molecule has 1 heterocycles. The summed E-state index contributed by atoms with van der Waals surface area (Å²) in [5.74, 6) is 0. The quantitative estimate of drug-likeness (QED) is 0.798. The summed E-state index contributed by atoms with van der Waals surface area (Å²) >= 11 is 0. The summed E-state index contributed by atoms with van der Waals surface area (Å²) in [4.78, 5) is 2.47. The molecular formula is C13H20N2. The molecule has 0 bridgehead atoms. The van der Waals surface area contributed by atoms with Crippen LogP contribution in [0.1, 0.15) is 25.3 Å². The Bertz CT molecular complexity index is 300. The van der Waals surface area contributed by atoms with Crippen LogP contribution in [0.3, 0.4) is 0 Å². The molecule has 0 aliphatic carbocycles. The van der Waals surface area contributed by atoms with E-state index in [9.17, 15) is 0 Å². The fraction of sp³-hybridized carbons (Fsp3) is 0.538. The molecule has 0 spiro atoms. The van der Waals surface area contributed by atoms with Gasteiger partial charge in [-0.15, -0.1) is 0 Å². The van der Waals surface area contributed by atoms with Gasteiger partial charge in [0.2, 0.25) is 0 Å². The molecule has 1 aliphatic heterocycles. The largest absolute Gasteiger partial charge is 0.321 e. The molecule has 0 amide bonds. The van der Waals surface area contributed by atoms with Gasteiger partial charge in [-0.2, -0.15) is 0 Å². The van der Waals surface area contributed by atoms with Crippen molar-refractivity contribution in [2.24, 2.45) is 5.73 Å². The molecule has 0 saturated carbocycles. The van der Waals surface area contributed by atoms with E-state index in [4.69, 9.17) is 5.73 Å². The SMILES string of the molecule is CCN1CCC(N)(c2ccccc2)CC1. The number of nitrogens with zero attached hydrogens (tertiary/aromatic N) is 1. The third-order valence-corrected chi connectivity index (χ3v) is 3.54. The fourth-order valence-electron chi connectivity index (χ4n) is 2.33. The van der Waals surface area contributed by atoms with Crippen molar-refractivity contribution < 1.29 is 0 Å². The molecule has 15 heavy (non-hydrogen) atoms. The van der Waals surface area contributed by atoms with Crippen molar-refractivity contribution in [1.82, 2.24) is 4.90 Å². The molecule has 1 aliphatic rings. The lowest BCUT2D eigenvalue weighted by atomic mass is 9.82. The first-order valence-electron chi connectivity index (χ1n) is 5.81. The Hall–Kier alpha value is -0.860. The number of piperidine rings is 1. The fourth-order valence-corrected chi connectivity index (χ4v) is 2.33. The molecule has 2 rings (SSSR count). The Morgan fingerprint density at radius 3 is 2.33 bits per heavy atom. The van der Waals surface area contributed by atoms with Crippen molar-refractivity contribution in [2.75, 3.05) is 19.6 Å². The van der Waals surface area contributed by atoms with Crippen LogP contribution in [0.2, 0.25) is 0 Å². The second-order valence-corrected chi connectivity index (χ2v) is 4.46. The molecule has 0 unspecified atom stereocenters. The number of nitrogens with two attached hydrogens (primary N) is 1. The summed E-state index contributed by atoms with van der Waals surface area (Å²) in [5.41, 5.74) is 7.67. The highest BCUT2D eigenvalue weighted by Crippen LogP contribution is 2.29. The van der Waals surface area contributed by atoms with Gasteiger partial charge in [-0.3, -0.25) is 0 Å². The minimum Gasteiger partial charge on any atom is -0.321 e. The number of rotatable bonds is 2. The highest BCUT2D eigenvalue weighted by Gasteiger charge is 2.31. The zero-order valence-electron chi connectivity index (χ0n) is 9.45. The Kier molecular flexibility index (Phi) is 3.08. The topological polar surface area (TPSA) is 29.3 Å². The first-order valence-corrected chi connectivity index (χ1v) is 5.81. The maximum Gasteiger partial charge on any atom is 0.0434 e. The van der Waals surface area contributed by atoms with Gasteiger partial charge in [0.15, 0.2) is 0 Å². The maximum absolute atomic E-state index is 6.47. The zero-order valence-corrected chi connectivity index (χ0v) is 9.45. The summed E-state index contributed by atoms with van der Waals surface area (Å²) in [6.45, 7) is 5.61. The van der Waals surface area contributed by atoms with Gasteiger partial charge < -0.3 is 10.6 Å². The zero-order chi connectivity index (χ0) is 10.7. The van der Waals surface area contributed by atoms with Crippen LogP contribution in [-0.2, 0) is 5.54 Å². The molecule has 0 radical (unpaired) electrons. The Morgan fingerprint density at radius 2 is 1.80 bits per heavy atom. The molecule has 1 aromatic carbocycles. The third kappa shape index (κ3) is 2.21. The lowest BCUT2D eigenvalue weighted by Gasteiger charge is -2.39. The van der Waals surface area contributed by atoms with Gasteiger partial charge in [-0.05, 0) is 24.9 Å². The molecule has 2 heteroatoms. The summed E-state index contributed by atoms with van der Waals surface area (Å²) in [6, 6.07) is 10.5. The van der Waals surface area contributed by atoms with Gasteiger partial charge in [0.1, 0.15) is 0 Å². The molecule has 0 atom stereocenters. The van der Waals surface area contributed by atoms with Crippen molar-refractivity contribution in [1.29, 1.82) is 0 Å². The molecule has 0 aromatic heterocycles. The van der Waals surface area contributed by atoms with Gasteiger partial charge in [-0.1, -0.05) is 37.3 Å². The highest BCUT2D eigenvalue weighted by molar-refractivity contribution is 5.24. The minimum absolute atomic E-state index is 0.0903. The van der Waals surface area contributed by atoms with Crippen LogP contribution in [0.25, 0.3) is 0 Å². The van der Waals surface area contributed by atoms with E-state index in [2.05, 4.69) is 36.1 Å². The lowest BCUT2D eigenvalue weighted by molar-refractivity contribution is 0.168. The summed E-state index contributed by atoms with van der Waals surface area (Å²) in [7, 11) is 0. The second kappa shape index (κ2) is 4.33. The van der Waals surface area contributed by atoms with Crippen LogP contribution in [0.5, 0.6) is 0 Å². The van der Waals surface area contributed by atoms with Crippen LogP contribution in [-0.4, -0.2) is 24.5 Å². The summed E-state index contributed by atoms with van der Waals surface area (Å²) in [6.07, 6.45) is 2.15. The van der Waals surface area contributed by atoms with E-state index in [0.717, 1.165) is 32.5 Å². The maximum atomic E-state index is 6.47. The number of hydrogen-bond acceptors (Lipinski definition) is 2. The normalized spacial score (nSPS) is 21.5. The Balaban J connectivity index is 2.10. The van der Waals surface area contributed by atoms with E-state index in [1.54, 1.807) is 0 Å². The summed E-state index contributed by atoms with van der Waals surface area (Å²) in [5, 5.41) is 0. The average Bonchev–Trinajstić information content (AvgIpc) is 2.31. The third-order valence-electron chi connectivity index (χ3n) is 3.54. The monoisotopic (exact) mass is 204 g/mol. The Morgan fingerprint density at radius 1 is 1.20 bits per heavy atom. The second-order valence-electron chi connectivity index (χ2n) is 4.46. The van der Waals surface area contributed by atoms with Crippen LogP contribution in [0.15, 0.2) is 30.3 Å². The van der Waals surface area contributed by atoms with Gasteiger partial charge in [-0.25, -0.2) is 0 Å². The smallest absolute Gasteiger partial charge is 0.0434 e. The molecular weight excluding hydrogens is 184 g/mol. The lowest BCUT2D eigenvalue weighted by Crippen LogP contribution is -2.47. The van der Waals surface area contributed by atoms with Gasteiger partial charge in [0.05, 0.1) is 0 Å². The number of likely N-dealkylation sites (tertiary alicyclic amines) is 1. The van der Waals surface area contributed by atoms with Crippen molar-refractivity contribution in [3.8, 4) is 0 Å². The molecule has 1 fully saturated rings. The van der Waals surface area contributed by atoms with E-state index in [1.807, 2.05) is 6.07 Å². The van der Waals surface area contributed by atoms with E-state index >= 15 is 0 Å². The minimum atomic E-state index is -0.0903. The molecule has 2 nitrogen and oxygen atoms in total. The van der Waals surface area contributed by atoms with E-state index in [-0.39, 0.29) is 5.54 Å². The first kappa shape index (κ1) is 10.7. The Labute approximate surface area is 92.1 Å². The van der Waals surface area contributed by atoms with Crippen molar-refractivity contribution in [3.05, 3.63) is 35.9 Å². The van der Waals surface area contributed by atoms with Crippen LogP contribution < -0.4 is 5.73 Å². The van der Waals surface area contributed by atoms with Gasteiger partial charge in [0.25, 0.3) is 0 Å². The average molecular weight is 204 g/mol. The molecule has 1 aromatic rings. The summed E-state index contributed by atoms with van der Waals surface area (Å²) < 4.78 is 0. The van der Waals surface area contributed by atoms with Crippen molar-refractivity contribution >= 4 is 0 Å². The van der Waals surface area contributed by atoms with E-state index < -0.39 is 0 Å². The van der Waals surface area contributed by atoms with Crippen LogP contribution in [0.4, 0.5) is 0 Å². The molecule has 1 saturated heterocycles. The number of benzene rings is 1. The predicted molar refractivity (Wildman–Crippen MR) is 63.7 cm³/mol. The van der Waals surface area contributed by atoms with Gasteiger partial charge >= 0.3 is 0 Å². The van der Waals surface area contributed by atoms with Crippen LogP contribution >= 0.6 is 0 Å². The van der Waals surface area contributed by atoms with Crippen molar-refractivity contribution in [2.45, 2.75) is 25.3 Å². The standard InChI is InChI=1S/C13H20N2/c1-2-15-10-8-13(14,9-11-15)12-6-4-3-5-7-12/h3-7H,2,8-11,14H2,1H3. The number of hydrogen-bond donors (Lipinski definition) is 1. The van der Waals surface area contributed by atoms with Crippen LogP contribution in [0, 0.1) is 0 Å². The molecule has 2 N–H and O–H groups in total. The van der Waals surface area contributed by atoms with E-state index in [0.29, 0.717) is 0 Å². The van der Waals surface area contributed by atoms with Crippen molar-refractivity contribution in [3.63, 3.8) is 0 Å². The highest BCUT2D eigenvalue weighted by atomic mass is 15.1. The van der Waals surface area contributed by atoms with E-state index in [1.165, 1.54) is 5.56 Å².